The van der Waals surface area contributed by atoms with Crippen LogP contribution in [0.3, 0.4) is 0 Å². The number of unbranched alkanes of at least 4 members (excludes halogenated alkanes) is 47. The van der Waals surface area contributed by atoms with Crippen molar-refractivity contribution in [2.24, 2.45) is 23.7 Å². The molecule has 105 heavy (non-hydrogen) atoms. The molecule has 0 amide bonds. The monoisotopic (exact) mass is 1540 g/mol. The molecule has 0 saturated heterocycles. The van der Waals surface area contributed by atoms with Crippen LogP contribution in [0.5, 0.6) is 0 Å². The van der Waals surface area contributed by atoms with Crippen LogP contribution >= 0.6 is 15.6 Å². The van der Waals surface area contributed by atoms with Gasteiger partial charge in [-0.25, -0.2) is 9.13 Å². The van der Waals surface area contributed by atoms with Crippen LogP contribution < -0.4 is 0 Å². The van der Waals surface area contributed by atoms with Crippen LogP contribution in [-0.4, -0.2) is 96.7 Å². The Morgan fingerprint density at radius 2 is 0.457 bits per heavy atom. The van der Waals surface area contributed by atoms with Crippen LogP contribution in [0.4, 0.5) is 0 Å². The zero-order valence-corrected chi connectivity index (χ0v) is 71.2. The van der Waals surface area contributed by atoms with Crippen molar-refractivity contribution in [3.63, 3.8) is 0 Å². The number of aliphatic hydroxyl groups excluding tert-OH is 1. The van der Waals surface area contributed by atoms with Crippen molar-refractivity contribution in [1.29, 1.82) is 0 Å². The van der Waals surface area contributed by atoms with Gasteiger partial charge in [0.1, 0.15) is 19.3 Å². The summed E-state index contributed by atoms with van der Waals surface area (Å²) in [5.74, 6) is 1.08. The van der Waals surface area contributed by atoms with Crippen LogP contribution in [0.1, 0.15) is 447 Å². The van der Waals surface area contributed by atoms with E-state index in [4.69, 9.17) is 37.0 Å². The lowest BCUT2D eigenvalue weighted by molar-refractivity contribution is -0.161. The zero-order valence-electron chi connectivity index (χ0n) is 69.4. The maximum absolute atomic E-state index is 13.1. The van der Waals surface area contributed by atoms with Gasteiger partial charge >= 0.3 is 39.5 Å². The molecule has 7 atom stereocenters. The van der Waals surface area contributed by atoms with Crippen molar-refractivity contribution in [1.82, 2.24) is 0 Å². The molecule has 0 heterocycles. The number of rotatable bonds is 83. The van der Waals surface area contributed by atoms with Crippen LogP contribution in [-0.2, 0) is 65.4 Å². The third-order valence-electron chi connectivity index (χ3n) is 20.8. The molecule has 0 fully saturated rings. The molecule has 0 aromatic heterocycles. The van der Waals surface area contributed by atoms with Crippen LogP contribution in [0.25, 0.3) is 0 Å². The average Bonchev–Trinajstić information content (AvgIpc) is 0.902. The number of phosphoric ester groups is 2. The Hall–Kier alpha value is -1.94. The van der Waals surface area contributed by atoms with Crippen molar-refractivity contribution in [3.05, 3.63) is 0 Å². The molecule has 0 aromatic rings. The van der Waals surface area contributed by atoms with E-state index in [9.17, 15) is 43.2 Å². The Kier molecular flexibility index (Phi) is 73.4. The molecule has 0 aliphatic heterocycles. The fourth-order valence-electron chi connectivity index (χ4n) is 13.3. The van der Waals surface area contributed by atoms with E-state index in [2.05, 4.69) is 55.4 Å². The normalized spacial score (nSPS) is 14.4. The Labute approximate surface area is 645 Å². The number of carbonyl (C=O) groups excluding carboxylic acids is 4. The first kappa shape index (κ1) is 103. The van der Waals surface area contributed by atoms with E-state index >= 15 is 0 Å². The summed E-state index contributed by atoms with van der Waals surface area (Å²) in [5, 5.41) is 10.7. The van der Waals surface area contributed by atoms with E-state index in [1.165, 1.54) is 244 Å². The van der Waals surface area contributed by atoms with Crippen LogP contribution in [0, 0.1) is 23.7 Å². The quantitative estimate of drug-likeness (QED) is 0.0222. The summed E-state index contributed by atoms with van der Waals surface area (Å²) >= 11 is 0. The molecule has 0 bridgehead atoms. The smallest absolute Gasteiger partial charge is 0.462 e. The third-order valence-corrected chi connectivity index (χ3v) is 22.7. The third kappa shape index (κ3) is 77.2. The SMILES string of the molecule is CCC(C)CCCCCCCCCCCCCCCCC(=O)OC[C@H](COP(=O)(O)OC[C@@H](O)COP(=O)(O)OC[C@@H](COC(=O)CCCCCCCCC(C)CC)OC(=O)CCCCCCCCCCCCCCCCCCCCC(C)C)OC(=O)CCCCCCCCCCCCCCCC(C)C. The van der Waals surface area contributed by atoms with Crippen LogP contribution in [0.15, 0.2) is 0 Å². The number of ether oxygens (including phenoxy) is 4. The Morgan fingerprint density at radius 3 is 0.676 bits per heavy atom. The van der Waals surface area contributed by atoms with E-state index in [-0.39, 0.29) is 25.7 Å². The van der Waals surface area contributed by atoms with Crippen molar-refractivity contribution >= 4 is 39.5 Å². The van der Waals surface area contributed by atoms with E-state index in [1.807, 2.05) is 0 Å². The minimum atomic E-state index is -4.97. The zero-order chi connectivity index (χ0) is 77.4. The highest BCUT2D eigenvalue weighted by Crippen LogP contribution is 2.45. The number of hydrogen-bond acceptors (Lipinski definition) is 15. The topological polar surface area (TPSA) is 237 Å². The van der Waals surface area contributed by atoms with Crippen molar-refractivity contribution in [2.75, 3.05) is 39.6 Å². The Bertz CT molecular complexity index is 2050. The molecule has 0 aliphatic carbocycles. The number of esters is 4. The predicted molar refractivity (Wildman–Crippen MR) is 432 cm³/mol. The van der Waals surface area contributed by atoms with Crippen molar-refractivity contribution < 1.29 is 80.2 Å². The molecule has 0 spiro atoms. The summed E-state index contributed by atoms with van der Waals surface area (Å²) in [7, 11) is -9.93. The largest absolute Gasteiger partial charge is 0.472 e. The molecule has 624 valence electrons. The molecule has 0 aromatic carbocycles. The minimum Gasteiger partial charge on any atom is -0.462 e. The van der Waals surface area contributed by atoms with Gasteiger partial charge in [-0.2, -0.15) is 0 Å². The van der Waals surface area contributed by atoms with E-state index in [0.717, 1.165) is 120 Å². The highest BCUT2D eigenvalue weighted by molar-refractivity contribution is 7.47. The lowest BCUT2D eigenvalue weighted by Crippen LogP contribution is -2.30. The standard InChI is InChI=1S/C86H168O17P2/c1-9-78(7)64-56-48-40-34-28-22-17-18-23-29-35-41-50-58-66-83(88)96-72-81(102-85(90)69-61-53-43-37-31-25-19-21-27-33-39-47-55-63-77(5)6)74-100-104(92,93)98-70-80(87)71-99-105(94,95)101-75-82(73-97-84(89)67-59-51-45-44-49-57-65-79(8)10-2)103-86(91)68-60-52-42-36-30-24-16-14-12-11-13-15-20-26-32-38-46-54-62-76(3)4/h76-82,87H,9-75H2,1-8H3,(H,92,93)(H,94,95)/t78?,79?,80-,81-,82-/m1/s1. The van der Waals surface area contributed by atoms with Gasteiger partial charge in [-0.3, -0.25) is 37.3 Å². The number of hydrogen-bond donors (Lipinski definition) is 3. The maximum Gasteiger partial charge on any atom is 0.472 e. The number of phosphoric acid groups is 2. The van der Waals surface area contributed by atoms with Gasteiger partial charge in [0.05, 0.1) is 26.4 Å². The van der Waals surface area contributed by atoms with E-state index < -0.39 is 97.5 Å². The van der Waals surface area contributed by atoms with Gasteiger partial charge in [0.15, 0.2) is 12.2 Å². The molecule has 3 N–H and O–H groups in total. The highest BCUT2D eigenvalue weighted by atomic mass is 31.2. The predicted octanol–water partition coefficient (Wildman–Crippen LogP) is 25.9. The van der Waals surface area contributed by atoms with Gasteiger partial charge in [0.2, 0.25) is 0 Å². The number of carbonyl (C=O) groups is 4. The van der Waals surface area contributed by atoms with E-state index in [1.54, 1.807) is 0 Å². The van der Waals surface area contributed by atoms with Gasteiger partial charge in [0, 0.05) is 25.7 Å². The second-order valence-corrected chi connectivity index (χ2v) is 35.3. The Morgan fingerprint density at radius 1 is 0.267 bits per heavy atom. The summed E-state index contributed by atoms with van der Waals surface area (Å²) in [6, 6.07) is 0. The second kappa shape index (κ2) is 74.8. The summed E-state index contributed by atoms with van der Waals surface area (Å²) in [5.41, 5.74) is 0. The molecular formula is C86H168O17P2. The number of aliphatic hydroxyl groups is 1. The fourth-order valence-corrected chi connectivity index (χ4v) is 14.8. The fraction of sp³-hybridized carbons (Fsp3) is 0.953. The van der Waals surface area contributed by atoms with Crippen LogP contribution in [0.2, 0.25) is 0 Å². The van der Waals surface area contributed by atoms with Crippen molar-refractivity contribution in [3.8, 4) is 0 Å². The van der Waals surface area contributed by atoms with Gasteiger partial charge in [-0.1, -0.05) is 396 Å². The molecule has 19 heteroatoms. The van der Waals surface area contributed by atoms with Crippen molar-refractivity contribution in [2.45, 2.75) is 465 Å². The first-order valence-corrected chi connectivity index (χ1v) is 47.3. The summed E-state index contributed by atoms with van der Waals surface area (Å²) in [6.45, 7) is 14.3. The molecule has 0 radical (unpaired) electrons. The minimum absolute atomic E-state index is 0.107. The maximum atomic E-state index is 13.1. The first-order chi connectivity index (χ1) is 50.7. The molecule has 4 unspecified atom stereocenters. The Balaban J connectivity index is 5.22. The first-order valence-electron chi connectivity index (χ1n) is 44.3. The molecular weight excluding hydrogens is 1370 g/mol. The van der Waals surface area contributed by atoms with Gasteiger partial charge in [-0.05, 0) is 49.4 Å². The summed E-state index contributed by atoms with van der Waals surface area (Å²) in [6.07, 6.45) is 63.8. The molecule has 0 aliphatic rings. The lowest BCUT2D eigenvalue weighted by atomic mass is 9.99. The lowest BCUT2D eigenvalue weighted by Gasteiger charge is -2.21. The summed E-state index contributed by atoms with van der Waals surface area (Å²) in [4.78, 5) is 73.2. The van der Waals surface area contributed by atoms with Gasteiger partial charge in [-0.15, -0.1) is 0 Å². The second-order valence-electron chi connectivity index (χ2n) is 32.4. The summed E-state index contributed by atoms with van der Waals surface area (Å²) < 4.78 is 68.9. The van der Waals surface area contributed by atoms with Gasteiger partial charge < -0.3 is 33.8 Å². The van der Waals surface area contributed by atoms with Gasteiger partial charge in [0.25, 0.3) is 0 Å². The average molecular weight is 1540 g/mol. The highest BCUT2D eigenvalue weighted by Gasteiger charge is 2.31. The molecule has 0 rings (SSSR count). The molecule has 0 saturated carbocycles. The molecule has 17 nitrogen and oxygen atoms in total. The van der Waals surface area contributed by atoms with E-state index in [0.29, 0.717) is 25.7 Å².